The molecule has 0 radical (unpaired) electrons. The zero-order valence-corrected chi connectivity index (χ0v) is 16.0. The SMILES string of the molecule is CC(=O)c1ccc(Oc2ccc3c(c2)CC[C@H]3c2sc(=O)[nH]c2O)c(Cl)c1. The number of H-pyrrole nitrogens is 1. The highest BCUT2D eigenvalue weighted by Gasteiger charge is 2.28. The summed E-state index contributed by atoms with van der Waals surface area (Å²) < 4.78 is 5.89. The number of aromatic amines is 1. The van der Waals surface area contributed by atoms with Crippen molar-refractivity contribution in [3.8, 4) is 17.4 Å². The van der Waals surface area contributed by atoms with Crippen molar-refractivity contribution < 1.29 is 14.6 Å². The highest BCUT2D eigenvalue weighted by Crippen LogP contribution is 2.43. The molecule has 1 aromatic heterocycles. The molecule has 27 heavy (non-hydrogen) atoms. The van der Waals surface area contributed by atoms with E-state index in [0.717, 1.165) is 35.3 Å². The molecule has 0 saturated heterocycles. The largest absolute Gasteiger partial charge is 0.494 e. The number of halogens is 1. The maximum Gasteiger partial charge on any atom is 0.307 e. The van der Waals surface area contributed by atoms with Crippen LogP contribution in [0.15, 0.2) is 41.2 Å². The fourth-order valence-electron chi connectivity index (χ4n) is 3.43. The van der Waals surface area contributed by atoms with Crippen molar-refractivity contribution in [1.82, 2.24) is 4.98 Å². The second-order valence-corrected chi connectivity index (χ2v) is 7.90. The summed E-state index contributed by atoms with van der Waals surface area (Å²) in [6, 6.07) is 10.7. The number of rotatable bonds is 4. The monoisotopic (exact) mass is 401 g/mol. The van der Waals surface area contributed by atoms with Gasteiger partial charge < -0.3 is 9.84 Å². The minimum Gasteiger partial charge on any atom is -0.494 e. The Bertz CT molecular complexity index is 1100. The predicted octanol–water partition coefficient (Wildman–Crippen LogP) is 4.87. The van der Waals surface area contributed by atoms with E-state index >= 15 is 0 Å². The van der Waals surface area contributed by atoms with E-state index < -0.39 is 0 Å². The Morgan fingerprint density at radius 3 is 2.78 bits per heavy atom. The molecule has 1 atom stereocenters. The molecule has 0 aliphatic heterocycles. The fourth-order valence-corrected chi connectivity index (χ4v) is 4.53. The molecule has 2 N–H and O–H groups in total. The van der Waals surface area contributed by atoms with Gasteiger partial charge in [0.05, 0.1) is 9.90 Å². The highest BCUT2D eigenvalue weighted by molar-refractivity contribution is 7.09. The van der Waals surface area contributed by atoms with E-state index in [4.69, 9.17) is 16.3 Å². The van der Waals surface area contributed by atoms with Gasteiger partial charge in [0, 0.05) is 11.5 Å². The lowest BCUT2D eigenvalue weighted by Crippen LogP contribution is -1.95. The molecule has 0 bridgehead atoms. The number of aromatic hydroxyl groups is 1. The van der Waals surface area contributed by atoms with Crippen LogP contribution in [0.25, 0.3) is 0 Å². The molecule has 138 valence electrons. The van der Waals surface area contributed by atoms with Gasteiger partial charge in [-0.1, -0.05) is 29.0 Å². The minimum absolute atomic E-state index is 0.0106. The van der Waals surface area contributed by atoms with Crippen LogP contribution in [0.1, 0.15) is 45.6 Å². The van der Waals surface area contributed by atoms with E-state index in [9.17, 15) is 14.7 Å². The normalized spacial score (nSPS) is 15.6. The van der Waals surface area contributed by atoms with Gasteiger partial charge in [0.1, 0.15) is 11.5 Å². The van der Waals surface area contributed by atoms with Crippen LogP contribution in [0.3, 0.4) is 0 Å². The number of ketones is 1. The average molecular weight is 402 g/mol. The van der Waals surface area contributed by atoms with Crippen LogP contribution < -0.4 is 9.61 Å². The molecular formula is C20H16ClNO4S. The summed E-state index contributed by atoms with van der Waals surface area (Å²) in [6.07, 6.45) is 1.66. The van der Waals surface area contributed by atoms with Crippen molar-refractivity contribution >= 4 is 28.7 Å². The summed E-state index contributed by atoms with van der Waals surface area (Å²) in [4.78, 5) is 25.8. The maximum atomic E-state index is 11.5. The molecule has 5 nitrogen and oxygen atoms in total. The molecule has 1 heterocycles. The van der Waals surface area contributed by atoms with Crippen molar-refractivity contribution in [2.24, 2.45) is 0 Å². The summed E-state index contributed by atoms with van der Waals surface area (Å²) in [5.74, 6) is 1.05. The number of aryl methyl sites for hydroxylation is 1. The number of carbonyl (C=O) groups excluding carboxylic acids is 1. The van der Waals surface area contributed by atoms with E-state index in [1.165, 1.54) is 6.92 Å². The second kappa shape index (κ2) is 6.87. The maximum absolute atomic E-state index is 11.5. The number of fused-ring (bicyclic) bond motifs is 1. The molecule has 0 saturated carbocycles. The Morgan fingerprint density at radius 1 is 1.30 bits per heavy atom. The quantitative estimate of drug-likeness (QED) is 0.611. The third kappa shape index (κ3) is 3.38. The van der Waals surface area contributed by atoms with Crippen LogP contribution in [0.5, 0.6) is 17.4 Å². The summed E-state index contributed by atoms with van der Waals surface area (Å²) in [6.45, 7) is 1.49. The third-order valence-corrected chi connectivity index (χ3v) is 6.01. The molecule has 0 unspecified atom stereocenters. The smallest absolute Gasteiger partial charge is 0.307 e. The number of ether oxygens (including phenoxy) is 1. The van der Waals surface area contributed by atoms with E-state index in [0.29, 0.717) is 27.0 Å². The molecule has 1 aliphatic carbocycles. The van der Waals surface area contributed by atoms with Crippen molar-refractivity contribution in [1.29, 1.82) is 0 Å². The van der Waals surface area contributed by atoms with Crippen molar-refractivity contribution in [2.75, 3.05) is 0 Å². The summed E-state index contributed by atoms with van der Waals surface area (Å²) >= 11 is 7.28. The van der Waals surface area contributed by atoms with Crippen LogP contribution in [-0.4, -0.2) is 15.9 Å². The van der Waals surface area contributed by atoms with Gasteiger partial charge in [0.2, 0.25) is 5.88 Å². The Hall–Kier alpha value is -2.57. The van der Waals surface area contributed by atoms with E-state index in [1.807, 2.05) is 18.2 Å². The Morgan fingerprint density at radius 2 is 2.11 bits per heavy atom. The number of nitrogens with one attached hydrogen (secondary N) is 1. The van der Waals surface area contributed by atoms with Gasteiger partial charge in [0.25, 0.3) is 0 Å². The number of benzene rings is 2. The standard InChI is InChI=1S/C20H16ClNO4S/c1-10(23)11-3-7-17(16(21)9-11)26-13-4-6-14-12(8-13)2-5-15(14)18-19(24)22-20(25)27-18/h3-4,6-9,15,24H,2,5H2,1H3,(H,22,25)/t15-/m1/s1. The van der Waals surface area contributed by atoms with Crippen molar-refractivity contribution in [3.05, 3.63) is 72.7 Å². The molecule has 7 heteroatoms. The molecule has 0 spiro atoms. The molecule has 4 rings (SSSR count). The van der Waals surface area contributed by atoms with Crippen LogP contribution in [0, 0.1) is 0 Å². The molecule has 3 aromatic rings. The van der Waals surface area contributed by atoms with Gasteiger partial charge in [-0.15, -0.1) is 0 Å². The van der Waals surface area contributed by atoms with Crippen LogP contribution >= 0.6 is 22.9 Å². The molecule has 0 amide bonds. The number of Topliss-reactive ketones (excluding diaryl/α,β-unsaturated/α-hetero) is 1. The first kappa shape index (κ1) is 17.8. The first-order chi connectivity index (χ1) is 12.9. The first-order valence-electron chi connectivity index (χ1n) is 8.45. The highest BCUT2D eigenvalue weighted by atomic mass is 35.5. The number of hydrogen-bond acceptors (Lipinski definition) is 5. The third-order valence-electron chi connectivity index (χ3n) is 4.73. The van der Waals surface area contributed by atoms with Crippen molar-refractivity contribution in [2.45, 2.75) is 25.7 Å². The average Bonchev–Trinajstić information content (AvgIpc) is 3.18. The number of aromatic nitrogens is 1. The topological polar surface area (TPSA) is 79.4 Å². The second-order valence-electron chi connectivity index (χ2n) is 6.48. The van der Waals surface area contributed by atoms with Gasteiger partial charge >= 0.3 is 4.87 Å². The van der Waals surface area contributed by atoms with Gasteiger partial charge in [-0.2, -0.15) is 0 Å². The molecule has 0 fully saturated rings. The minimum atomic E-state index is -0.250. The summed E-state index contributed by atoms with van der Waals surface area (Å²) in [5, 5.41) is 10.3. The summed E-state index contributed by atoms with van der Waals surface area (Å²) in [7, 11) is 0. The Balaban J connectivity index is 1.60. The Labute approximate surface area is 164 Å². The zero-order chi connectivity index (χ0) is 19.1. The number of carbonyl (C=O) groups is 1. The Kier molecular flexibility index (Phi) is 4.53. The molecular weight excluding hydrogens is 386 g/mol. The van der Waals surface area contributed by atoms with Crippen LogP contribution in [0.4, 0.5) is 0 Å². The zero-order valence-electron chi connectivity index (χ0n) is 14.4. The van der Waals surface area contributed by atoms with E-state index in [2.05, 4.69) is 4.98 Å². The molecule has 1 aliphatic rings. The van der Waals surface area contributed by atoms with Crippen molar-refractivity contribution in [3.63, 3.8) is 0 Å². The van der Waals surface area contributed by atoms with Crippen LogP contribution in [-0.2, 0) is 6.42 Å². The number of thiazole rings is 1. The van der Waals surface area contributed by atoms with E-state index in [-0.39, 0.29) is 22.5 Å². The predicted molar refractivity (Wildman–Crippen MR) is 105 cm³/mol. The summed E-state index contributed by atoms with van der Waals surface area (Å²) in [5.41, 5.74) is 2.74. The van der Waals surface area contributed by atoms with Gasteiger partial charge in [0.15, 0.2) is 5.78 Å². The van der Waals surface area contributed by atoms with Crippen LogP contribution in [0.2, 0.25) is 5.02 Å². The molecule has 2 aromatic carbocycles. The van der Waals surface area contributed by atoms with Gasteiger partial charge in [-0.05, 0) is 61.2 Å². The van der Waals surface area contributed by atoms with Gasteiger partial charge in [-0.3, -0.25) is 14.6 Å². The lowest BCUT2D eigenvalue weighted by atomic mass is 10.00. The van der Waals surface area contributed by atoms with Gasteiger partial charge in [-0.25, -0.2) is 0 Å². The lowest BCUT2D eigenvalue weighted by Gasteiger charge is -2.12. The first-order valence-corrected chi connectivity index (χ1v) is 9.65. The fraction of sp³-hybridized carbons (Fsp3) is 0.200. The lowest BCUT2D eigenvalue weighted by molar-refractivity contribution is 0.101. The van der Waals surface area contributed by atoms with E-state index in [1.54, 1.807) is 18.2 Å². The number of hydrogen-bond donors (Lipinski definition) is 2.